The number of esters is 1. The molecule has 0 aromatic carbocycles. The first-order valence-electron chi connectivity index (χ1n) is 2.42. The lowest BCUT2D eigenvalue weighted by atomic mass is 10.4. The summed E-state index contributed by atoms with van der Waals surface area (Å²) in [5.74, 6) is -0.395. The molecule has 0 aromatic rings. The Morgan fingerprint density at radius 2 is 2.25 bits per heavy atom. The Balaban J connectivity index is 3.24. The van der Waals surface area contributed by atoms with Crippen LogP contribution in [-0.4, -0.2) is 18.7 Å². The molecule has 0 aliphatic heterocycles. The molecule has 3 heteroatoms. The van der Waals surface area contributed by atoms with Gasteiger partial charge in [0.15, 0.2) is 0 Å². The third-order valence-electron chi connectivity index (χ3n) is 0.602. The number of carbonyl (C=O) groups excluding carboxylic acids is 1. The Morgan fingerprint density at radius 1 is 1.75 bits per heavy atom. The first-order chi connectivity index (χ1) is 3.66. The molecule has 0 spiro atoms. The van der Waals surface area contributed by atoms with Crippen LogP contribution in [-0.2, 0) is 14.6 Å². The molecule has 3 nitrogen and oxygen atoms in total. The third-order valence-corrected chi connectivity index (χ3v) is 0.602. The molecule has 0 rings (SSSR count). The van der Waals surface area contributed by atoms with E-state index in [2.05, 4.69) is 4.74 Å². The van der Waals surface area contributed by atoms with Gasteiger partial charge >= 0.3 is 5.97 Å². The molecule has 0 fully saturated rings. The van der Waals surface area contributed by atoms with Crippen LogP contribution in [0.1, 0.15) is 13.8 Å². The average molecular weight is 117 g/mol. The van der Waals surface area contributed by atoms with E-state index in [-0.39, 0.29) is 6.61 Å². The van der Waals surface area contributed by atoms with Gasteiger partial charge in [-0.05, 0) is 6.92 Å². The zero-order valence-electron chi connectivity index (χ0n) is 5.01. The van der Waals surface area contributed by atoms with Gasteiger partial charge in [-0.25, -0.2) is 5.11 Å². The summed E-state index contributed by atoms with van der Waals surface area (Å²) in [5.41, 5.74) is 0. The molecular formula is C5H9O3. The van der Waals surface area contributed by atoms with Gasteiger partial charge in [-0.15, -0.1) is 0 Å². The molecule has 0 bridgehead atoms. The van der Waals surface area contributed by atoms with E-state index in [1.165, 1.54) is 6.92 Å². The van der Waals surface area contributed by atoms with Crippen LogP contribution in [0.5, 0.6) is 0 Å². The number of rotatable bonds is 2. The lowest BCUT2D eigenvalue weighted by Crippen LogP contribution is -2.14. The fourth-order valence-corrected chi connectivity index (χ4v) is 0.317. The first kappa shape index (κ1) is 7.43. The van der Waals surface area contributed by atoms with Crippen molar-refractivity contribution in [2.75, 3.05) is 6.61 Å². The molecule has 1 unspecified atom stereocenters. The molecule has 0 heterocycles. The molecule has 0 aliphatic rings. The minimum atomic E-state index is -0.479. The van der Waals surface area contributed by atoms with Crippen LogP contribution in [0.15, 0.2) is 0 Å². The molecular weight excluding hydrogens is 108 g/mol. The van der Waals surface area contributed by atoms with Crippen LogP contribution >= 0.6 is 0 Å². The Morgan fingerprint density at radius 3 is 2.38 bits per heavy atom. The maximum absolute atomic E-state index is 10.1. The summed E-state index contributed by atoms with van der Waals surface area (Å²) in [6.07, 6.45) is -0.479. The largest absolute Gasteiger partial charge is 0.460 e. The summed E-state index contributed by atoms with van der Waals surface area (Å²) >= 11 is 0. The topological polar surface area (TPSA) is 46.2 Å². The molecule has 0 saturated heterocycles. The fraction of sp³-hybridized carbons (Fsp3) is 0.800. The van der Waals surface area contributed by atoms with E-state index < -0.39 is 12.1 Å². The van der Waals surface area contributed by atoms with E-state index >= 15 is 0 Å². The highest BCUT2D eigenvalue weighted by molar-refractivity contribution is 5.66. The smallest absolute Gasteiger partial charge is 0.302 e. The molecule has 1 atom stereocenters. The predicted octanol–water partition coefficient (Wildman–Crippen LogP) is 0.368. The second-order valence-electron chi connectivity index (χ2n) is 1.59. The molecule has 0 amide bonds. The van der Waals surface area contributed by atoms with E-state index in [0.717, 1.165) is 0 Å². The van der Waals surface area contributed by atoms with Crippen LogP contribution in [0.2, 0.25) is 0 Å². The van der Waals surface area contributed by atoms with Crippen molar-refractivity contribution in [2.24, 2.45) is 0 Å². The highest BCUT2D eigenvalue weighted by Gasteiger charge is 2.01. The third kappa shape index (κ3) is 3.61. The van der Waals surface area contributed by atoms with Crippen molar-refractivity contribution >= 4 is 5.97 Å². The van der Waals surface area contributed by atoms with Crippen molar-refractivity contribution in [2.45, 2.75) is 20.0 Å². The van der Waals surface area contributed by atoms with Gasteiger partial charge in [0.2, 0.25) is 0 Å². The van der Waals surface area contributed by atoms with Crippen molar-refractivity contribution in [1.29, 1.82) is 0 Å². The SMILES string of the molecule is CC(=O)OC(C)C[O]. The molecule has 8 heavy (non-hydrogen) atoms. The summed E-state index contributed by atoms with van der Waals surface area (Å²) < 4.78 is 4.45. The van der Waals surface area contributed by atoms with Gasteiger partial charge in [0.05, 0.1) is 0 Å². The minimum absolute atomic E-state index is 0.362. The standard InChI is InChI=1S/C5H9O3/c1-4(3-6)8-5(2)7/h4H,3H2,1-2H3. The maximum atomic E-state index is 10.1. The molecule has 0 N–H and O–H groups in total. The van der Waals surface area contributed by atoms with Gasteiger partial charge in [0.25, 0.3) is 0 Å². The highest BCUT2D eigenvalue weighted by Crippen LogP contribution is 1.87. The van der Waals surface area contributed by atoms with Gasteiger partial charge in [0.1, 0.15) is 12.7 Å². The zero-order chi connectivity index (χ0) is 6.57. The van der Waals surface area contributed by atoms with Crippen LogP contribution < -0.4 is 0 Å². The monoisotopic (exact) mass is 117 g/mol. The van der Waals surface area contributed by atoms with Crippen molar-refractivity contribution in [3.63, 3.8) is 0 Å². The van der Waals surface area contributed by atoms with Gasteiger partial charge in [-0.2, -0.15) is 0 Å². The molecule has 47 valence electrons. The second kappa shape index (κ2) is 3.43. The number of carbonyl (C=O) groups is 1. The highest BCUT2D eigenvalue weighted by atomic mass is 16.5. The van der Waals surface area contributed by atoms with E-state index in [4.69, 9.17) is 0 Å². The average Bonchev–Trinajstić information content (AvgIpc) is 1.65. The zero-order valence-corrected chi connectivity index (χ0v) is 5.01. The fourth-order valence-electron chi connectivity index (χ4n) is 0.317. The van der Waals surface area contributed by atoms with Gasteiger partial charge in [0, 0.05) is 6.92 Å². The van der Waals surface area contributed by atoms with Gasteiger partial charge in [-0.3, -0.25) is 4.79 Å². The molecule has 0 aliphatic carbocycles. The predicted molar refractivity (Wildman–Crippen MR) is 26.8 cm³/mol. The Kier molecular flexibility index (Phi) is 3.19. The lowest BCUT2D eigenvalue weighted by Gasteiger charge is -2.04. The normalized spacial score (nSPS) is 12.9. The molecule has 0 saturated carbocycles. The minimum Gasteiger partial charge on any atom is -0.460 e. The summed E-state index contributed by atoms with van der Waals surface area (Å²) in [7, 11) is 0. The quantitative estimate of drug-likeness (QED) is 0.490. The summed E-state index contributed by atoms with van der Waals surface area (Å²) in [6.45, 7) is 2.49. The van der Waals surface area contributed by atoms with E-state index in [9.17, 15) is 9.90 Å². The summed E-state index contributed by atoms with van der Waals surface area (Å²) in [6, 6.07) is 0. The molecule has 0 aromatic heterocycles. The van der Waals surface area contributed by atoms with Crippen LogP contribution in [0.3, 0.4) is 0 Å². The summed E-state index contributed by atoms with van der Waals surface area (Å²) in [5, 5.41) is 9.89. The first-order valence-corrected chi connectivity index (χ1v) is 2.42. The van der Waals surface area contributed by atoms with E-state index in [0.29, 0.717) is 0 Å². The number of ether oxygens (including phenoxy) is 1. The van der Waals surface area contributed by atoms with Crippen LogP contribution in [0.4, 0.5) is 0 Å². The Hall–Kier alpha value is -0.570. The van der Waals surface area contributed by atoms with Crippen molar-refractivity contribution in [3.05, 3.63) is 0 Å². The van der Waals surface area contributed by atoms with E-state index in [1.54, 1.807) is 6.92 Å². The van der Waals surface area contributed by atoms with Gasteiger partial charge in [-0.1, -0.05) is 0 Å². The second-order valence-corrected chi connectivity index (χ2v) is 1.59. The summed E-state index contributed by atoms with van der Waals surface area (Å²) in [4.78, 5) is 10.1. The lowest BCUT2D eigenvalue weighted by molar-refractivity contribution is -0.148. The van der Waals surface area contributed by atoms with E-state index in [1.807, 2.05) is 0 Å². The maximum Gasteiger partial charge on any atom is 0.302 e. The van der Waals surface area contributed by atoms with Crippen LogP contribution in [0, 0.1) is 0 Å². The molecule has 1 radical (unpaired) electrons. The number of hydrogen-bond acceptors (Lipinski definition) is 2. The Bertz CT molecular complexity index is 79.7. The van der Waals surface area contributed by atoms with Crippen molar-refractivity contribution in [1.82, 2.24) is 0 Å². The van der Waals surface area contributed by atoms with Crippen molar-refractivity contribution < 1.29 is 14.6 Å². The van der Waals surface area contributed by atoms with Crippen LogP contribution in [0.25, 0.3) is 0 Å². The van der Waals surface area contributed by atoms with Gasteiger partial charge < -0.3 is 4.74 Å². The Labute approximate surface area is 48.3 Å². The number of hydrogen-bond donors (Lipinski definition) is 0. The van der Waals surface area contributed by atoms with Crippen molar-refractivity contribution in [3.8, 4) is 0 Å².